The van der Waals surface area contributed by atoms with Crippen molar-refractivity contribution in [3.8, 4) is 17.2 Å². The number of ether oxygens (including phenoxy) is 3. The van der Waals surface area contributed by atoms with Crippen molar-refractivity contribution in [1.29, 1.82) is 0 Å². The average Bonchev–Trinajstić information content (AvgIpc) is 3.15. The van der Waals surface area contributed by atoms with Crippen molar-refractivity contribution in [1.82, 2.24) is 4.90 Å². The number of likely N-dealkylation sites (tertiary alicyclic amines) is 1. The van der Waals surface area contributed by atoms with E-state index >= 15 is 0 Å². The molecule has 2 aliphatic rings. The van der Waals surface area contributed by atoms with Crippen LogP contribution in [0.1, 0.15) is 28.8 Å². The van der Waals surface area contributed by atoms with Crippen molar-refractivity contribution in [3.05, 3.63) is 53.3 Å². The first-order valence-electron chi connectivity index (χ1n) is 10.7. The van der Waals surface area contributed by atoms with Crippen LogP contribution in [-0.2, 0) is 6.54 Å². The van der Waals surface area contributed by atoms with Crippen LogP contribution in [0.15, 0.2) is 36.4 Å². The minimum absolute atomic E-state index is 0.110. The quantitative estimate of drug-likeness (QED) is 0.677. The second-order valence-corrected chi connectivity index (χ2v) is 8.50. The summed E-state index contributed by atoms with van der Waals surface area (Å²) in [6, 6.07) is 9.31. The Bertz CT molecular complexity index is 966. The molecule has 2 N–H and O–H groups in total. The highest BCUT2D eigenvalue weighted by atomic mass is 19.1. The van der Waals surface area contributed by atoms with E-state index in [1.807, 2.05) is 0 Å². The molecular weight excluding hydrogens is 417 g/mol. The molecule has 0 radical (unpaired) electrons. The summed E-state index contributed by atoms with van der Waals surface area (Å²) < 4.78 is 29.7. The van der Waals surface area contributed by atoms with E-state index in [-0.39, 0.29) is 23.2 Å². The fourth-order valence-corrected chi connectivity index (χ4v) is 5.01. The van der Waals surface area contributed by atoms with Crippen molar-refractivity contribution in [2.45, 2.75) is 31.6 Å². The molecule has 1 saturated heterocycles. The van der Waals surface area contributed by atoms with Gasteiger partial charge in [-0.1, -0.05) is 6.07 Å². The fraction of sp³-hybridized carbons (Fsp3) is 0.458. The standard InChI is InChI=1S/C24H28FNO6/c1-30-20-8-3-14(22(24(28)29)23(20)31-2)11-26-12-15-9-19(27)21(10-16(15)13-26)32-18-6-4-17(25)5-7-18/h3-8,15-16,19,21,27H,9-13H2,1-2H3,(H,28,29)/t15-,16+,19+,21+/m0/s1. The Kier molecular flexibility index (Phi) is 6.53. The molecule has 0 spiro atoms. The lowest BCUT2D eigenvalue weighted by Crippen LogP contribution is -2.42. The number of aliphatic hydroxyl groups is 1. The fourth-order valence-electron chi connectivity index (χ4n) is 5.01. The Labute approximate surface area is 186 Å². The first-order chi connectivity index (χ1) is 15.4. The van der Waals surface area contributed by atoms with E-state index < -0.39 is 12.1 Å². The second kappa shape index (κ2) is 9.34. The first-order valence-corrected chi connectivity index (χ1v) is 10.7. The summed E-state index contributed by atoms with van der Waals surface area (Å²) in [7, 11) is 2.91. The SMILES string of the molecule is COc1ccc(CN2C[C@H]3C[C@@H](Oc4ccc(F)cc4)[C@H](O)C[C@H]3C2)c(C(=O)O)c1OC. The maximum Gasteiger partial charge on any atom is 0.339 e. The summed E-state index contributed by atoms with van der Waals surface area (Å²) in [6.07, 6.45) is 0.358. The van der Waals surface area contributed by atoms with Crippen molar-refractivity contribution in [2.75, 3.05) is 27.3 Å². The van der Waals surface area contributed by atoms with Crippen LogP contribution in [0.4, 0.5) is 4.39 Å². The zero-order valence-corrected chi connectivity index (χ0v) is 18.2. The number of hydrogen-bond donors (Lipinski definition) is 2. The highest BCUT2D eigenvalue weighted by Crippen LogP contribution is 2.40. The van der Waals surface area contributed by atoms with Crippen LogP contribution in [0.25, 0.3) is 0 Å². The molecular formula is C24H28FNO6. The molecule has 2 aromatic rings. The number of carboxylic acid groups (broad SMARTS) is 1. The Morgan fingerprint density at radius 3 is 2.38 bits per heavy atom. The third-order valence-corrected chi connectivity index (χ3v) is 6.50. The third-order valence-electron chi connectivity index (χ3n) is 6.50. The molecule has 2 fully saturated rings. The van der Waals surface area contributed by atoms with E-state index in [0.29, 0.717) is 48.3 Å². The van der Waals surface area contributed by atoms with E-state index in [1.165, 1.54) is 26.4 Å². The van der Waals surface area contributed by atoms with E-state index in [9.17, 15) is 19.4 Å². The van der Waals surface area contributed by atoms with Gasteiger partial charge in [-0.25, -0.2) is 9.18 Å². The number of carbonyl (C=O) groups is 1. The molecule has 0 amide bonds. The Morgan fingerprint density at radius 2 is 1.75 bits per heavy atom. The summed E-state index contributed by atoms with van der Waals surface area (Å²) in [5, 5.41) is 20.4. The van der Waals surface area contributed by atoms with Crippen molar-refractivity contribution >= 4 is 5.97 Å². The smallest absolute Gasteiger partial charge is 0.339 e. The minimum Gasteiger partial charge on any atom is -0.493 e. The maximum atomic E-state index is 13.1. The van der Waals surface area contributed by atoms with Gasteiger partial charge >= 0.3 is 5.97 Å². The Morgan fingerprint density at radius 1 is 1.06 bits per heavy atom. The monoisotopic (exact) mass is 445 g/mol. The number of benzene rings is 2. The molecule has 0 bridgehead atoms. The van der Waals surface area contributed by atoms with Crippen LogP contribution >= 0.6 is 0 Å². The molecule has 0 unspecified atom stereocenters. The molecule has 1 aliphatic heterocycles. The molecule has 172 valence electrons. The number of rotatable bonds is 7. The van der Waals surface area contributed by atoms with Crippen molar-refractivity contribution in [2.24, 2.45) is 11.8 Å². The zero-order chi connectivity index (χ0) is 22.8. The molecule has 0 aromatic heterocycles. The van der Waals surface area contributed by atoms with E-state index in [0.717, 1.165) is 13.1 Å². The molecule has 32 heavy (non-hydrogen) atoms. The van der Waals surface area contributed by atoms with Crippen molar-refractivity contribution < 1.29 is 33.6 Å². The van der Waals surface area contributed by atoms with E-state index in [1.54, 1.807) is 24.3 Å². The average molecular weight is 445 g/mol. The van der Waals surface area contributed by atoms with Gasteiger partial charge in [0.05, 0.1) is 20.3 Å². The number of hydrogen-bond acceptors (Lipinski definition) is 6. The largest absolute Gasteiger partial charge is 0.493 e. The normalized spacial score (nSPS) is 25.2. The van der Waals surface area contributed by atoms with Crippen molar-refractivity contribution in [3.63, 3.8) is 0 Å². The van der Waals surface area contributed by atoms with Crippen LogP contribution in [0.3, 0.4) is 0 Å². The molecule has 1 heterocycles. The van der Waals surface area contributed by atoms with Gasteiger partial charge in [0.2, 0.25) is 0 Å². The lowest BCUT2D eigenvalue weighted by atomic mass is 9.78. The number of carboxylic acids is 1. The van der Waals surface area contributed by atoms with Gasteiger partial charge in [-0.2, -0.15) is 0 Å². The van der Waals surface area contributed by atoms with Crippen LogP contribution < -0.4 is 14.2 Å². The topological polar surface area (TPSA) is 88.5 Å². The van der Waals surface area contributed by atoms with Gasteiger partial charge in [0, 0.05) is 19.6 Å². The highest BCUT2D eigenvalue weighted by molar-refractivity contribution is 5.93. The number of halogens is 1. The van der Waals surface area contributed by atoms with Crippen LogP contribution in [-0.4, -0.2) is 60.6 Å². The molecule has 8 heteroatoms. The minimum atomic E-state index is -1.06. The number of fused-ring (bicyclic) bond motifs is 1. The predicted octanol–water partition coefficient (Wildman–Crippen LogP) is 3.19. The van der Waals surface area contributed by atoms with E-state index in [2.05, 4.69) is 4.90 Å². The number of methoxy groups -OCH3 is 2. The maximum absolute atomic E-state index is 13.1. The van der Waals surface area contributed by atoms with Gasteiger partial charge < -0.3 is 24.4 Å². The highest BCUT2D eigenvalue weighted by Gasteiger charge is 2.43. The molecule has 1 aliphatic carbocycles. The first kappa shape index (κ1) is 22.4. The summed E-state index contributed by atoms with van der Waals surface area (Å²) in [4.78, 5) is 14.2. The Hall–Kier alpha value is -2.84. The molecule has 7 nitrogen and oxygen atoms in total. The van der Waals surface area contributed by atoms with Gasteiger partial charge in [-0.05, 0) is 60.6 Å². The number of aromatic carboxylic acids is 1. The zero-order valence-electron chi connectivity index (χ0n) is 18.2. The summed E-state index contributed by atoms with van der Waals surface area (Å²) in [5.74, 6) is 0.397. The van der Waals surface area contributed by atoms with Crippen LogP contribution in [0.2, 0.25) is 0 Å². The third kappa shape index (κ3) is 4.52. The van der Waals surface area contributed by atoms with Gasteiger partial charge in [0.1, 0.15) is 23.2 Å². The van der Waals surface area contributed by atoms with Gasteiger partial charge in [0.15, 0.2) is 11.5 Å². The number of nitrogens with zero attached hydrogens (tertiary/aromatic N) is 1. The van der Waals surface area contributed by atoms with Gasteiger partial charge in [-0.3, -0.25) is 4.90 Å². The summed E-state index contributed by atoms with van der Waals surface area (Å²) in [6.45, 7) is 2.03. The van der Waals surface area contributed by atoms with E-state index in [4.69, 9.17) is 14.2 Å². The van der Waals surface area contributed by atoms with Gasteiger partial charge in [-0.15, -0.1) is 0 Å². The predicted molar refractivity (Wildman–Crippen MR) is 115 cm³/mol. The Balaban J connectivity index is 1.46. The molecule has 2 aromatic carbocycles. The van der Waals surface area contributed by atoms with Crippen LogP contribution in [0.5, 0.6) is 17.2 Å². The lowest BCUT2D eigenvalue weighted by molar-refractivity contribution is -0.0231. The van der Waals surface area contributed by atoms with Gasteiger partial charge in [0.25, 0.3) is 0 Å². The summed E-state index contributed by atoms with van der Waals surface area (Å²) >= 11 is 0. The summed E-state index contributed by atoms with van der Waals surface area (Å²) in [5.41, 5.74) is 0.771. The van der Waals surface area contributed by atoms with Crippen LogP contribution in [0, 0.1) is 17.7 Å². The molecule has 4 rings (SSSR count). The number of aliphatic hydroxyl groups excluding tert-OH is 1. The molecule has 1 saturated carbocycles. The second-order valence-electron chi connectivity index (χ2n) is 8.50. The lowest BCUT2D eigenvalue weighted by Gasteiger charge is -2.35. The molecule has 4 atom stereocenters.